The van der Waals surface area contributed by atoms with Crippen LogP contribution in [0, 0.1) is 0 Å². The molecule has 22 atom stereocenters. The van der Waals surface area contributed by atoms with Gasteiger partial charge in [-0.2, -0.15) is 0 Å². The molecule has 0 saturated carbocycles. The Bertz CT molecular complexity index is 1760. The third-order valence-electron chi connectivity index (χ3n) is 17.7. The van der Waals surface area contributed by atoms with E-state index in [4.69, 9.17) is 37.9 Å². The highest BCUT2D eigenvalue weighted by molar-refractivity contribution is 5.76. The van der Waals surface area contributed by atoms with Crippen LogP contribution in [0.3, 0.4) is 0 Å². The average molecular weight is 1250 g/mol. The number of hydrogen-bond acceptors (Lipinski definition) is 22. The maximum atomic E-state index is 13.5. The molecule has 0 radical (unpaired) electrons. The van der Waals surface area contributed by atoms with Crippen LogP contribution in [0.15, 0.2) is 12.2 Å². The summed E-state index contributed by atoms with van der Waals surface area (Å²) in [7, 11) is 0. The van der Waals surface area contributed by atoms with Crippen LogP contribution in [0.2, 0.25) is 0 Å². The zero-order valence-electron chi connectivity index (χ0n) is 52.8. The van der Waals surface area contributed by atoms with E-state index in [9.17, 15) is 71.2 Å². The van der Waals surface area contributed by atoms with Gasteiger partial charge in [-0.1, -0.05) is 206 Å². The minimum absolute atomic E-state index is 0.210. The first kappa shape index (κ1) is 77.8. The molecule has 0 aromatic heterocycles. The van der Waals surface area contributed by atoms with E-state index < -0.39 is 161 Å². The summed E-state index contributed by atoms with van der Waals surface area (Å²) < 4.78 is 47.4. The van der Waals surface area contributed by atoms with Crippen molar-refractivity contribution in [1.29, 1.82) is 0 Å². The van der Waals surface area contributed by atoms with Gasteiger partial charge in [0.2, 0.25) is 5.91 Å². The van der Waals surface area contributed by atoms with E-state index >= 15 is 0 Å². The van der Waals surface area contributed by atoms with Gasteiger partial charge in [0, 0.05) is 6.42 Å². The van der Waals surface area contributed by atoms with Gasteiger partial charge in [-0.15, -0.1) is 0 Å². The normalized spacial score (nSPS) is 33.9. The Morgan fingerprint density at radius 2 is 0.816 bits per heavy atom. The Morgan fingerprint density at radius 1 is 0.425 bits per heavy atom. The molecule has 4 rings (SSSR count). The summed E-state index contributed by atoms with van der Waals surface area (Å²) in [6, 6.07) is -1.03. The Morgan fingerprint density at radius 3 is 1.31 bits per heavy atom. The lowest BCUT2D eigenvalue weighted by Crippen LogP contribution is -2.68. The van der Waals surface area contributed by atoms with Crippen LogP contribution in [-0.2, 0) is 42.7 Å². The summed E-state index contributed by atoms with van der Waals surface area (Å²) in [6.45, 7) is 2.75. The fraction of sp³-hybridized carbons (Fsp3) is 0.953. The Kier molecular flexibility index (Phi) is 40.1. The number of aliphatic hydroxyl groups excluding tert-OH is 13. The molecule has 4 aliphatic heterocycles. The van der Waals surface area contributed by atoms with Crippen molar-refractivity contribution in [2.75, 3.05) is 26.4 Å². The lowest BCUT2D eigenvalue weighted by Gasteiger charge is -2.50. The fourth-order valence-electron chi connectivity index (χ4n) is 11.9. The Balaban J connectivity index is 1.37. The van der Waals surface area contributed by atoms with Crippen LogP contribution < -0.4 is 5.32 Å². The molecule has 0 bridgehead atoms. The first-order chi connectivity index (χ1) is 42.0. The molecular formula is C64H119NO22. The second kappa shape index (κ2) is 44.8. The summed E-state index contributed by atoms with van der Waals surface area (Å²) in [5.41, 5.74) is 0. The highest BCUT2D eigenvalue weighted by atomic mass is 16.8. The molecule has 23 nitrogen and oxygen atoms in total. The molecule has 512 valence electrons. The molecule has 87 heavy (non-hydrogen) atoms. The lowest BCUT2D eigenvalue weighted by atomic mass is 9.95. The van der Waals surface area contributed by atoms with Gasteiger partial charge in [-0.25, -0.2) is 0 Å². The largest absolute Gasteiger partial charge is 0.394 e. The predicted octanol–water partition coefficient (Wildman–Crippen LogP) is 4.23. The molecule has 4 heterocycles. The van der Waals surface area contributed by atoms with Crippen LogP contribution in [0.5, 0.6) is 0 Å². The van der Waals surface area contributed by atoms with Gasteiger partial charge in [0.25, 0.3) is 0 Å². The number of ether oxygens (including phenoxy) is 8. The third-order valence-corrected chi connectivity index (χ3v) is 17.7. The van der Waals surface area contributed by atoms with Crippen LogP contribution in [0.1, 0.15) is 226 Å². The average Bonchev–Trinajstić information content (AvgIpc) is 1.07. The second-order valence-corrected chi connectivity index (χ2v) is 25.0. The molecule has 0 spiro atoms. The van der Waals surface area contributed by atoms with Gasteiger partial charge in [0.05, 0.1) is 44.7 Å². The fourth-order valence-corrected chi connectivity index (χ4v) is 11.9. The number of nitrogens with one attached hydrogen (secondary N) is 1. The molecule has 4 aliphatic rings. The van der Waals surface area contributed by atoms with Crippen LogP contribution in [0.25, 0.3) is 0 Å². The van der Waals surface area contributed by atoms with E-state index in [1.54, 1.807) is 6.08 Å². The van der Waals surface area contributed by atoms with Gasteiger partial charge >= 0.3 is 0 Å². The van der Waals surface area contributed by atoms with Crippen molar-refractivity contribution < 1.29 is 109 Å². The molecule has 23 heteroatoms. The standard InChI is InChI=1S/C64H119NO22/c1-4-6-8-10-12-14-16-18-19-20-21-22-23-25-27-29-31-33-35-37-48(70)65-43(44(69)36-34-32-30-28-26-24-17-15-13-11-9-7-5-2)41-80-61-57(79)54(76)58(47(40-68)84-61)85-64-60(87-62-55(77)52(74)49(71)42(3)81-62)59(51(73)46(39-67)83-64)86-63-56(78)53(75)50(72)45(38-66)82-63/h34,36,42-47,49-64,66-69,71-79H,4-33,35,37-41H2,1-3H3,(H,65,70)/b36-34+/t42?,43-,44+,45?,46?,47?,49+,50-,51-,52?,53-,54+,55-,56?,57?,58+,59-,60?,61+,62+,63+,64-/m0/s1. The molecule has 14 N–H and O–H groups in total. The van der Waals surface area contributed by atoms with Crippen molar-refractivity contribution in [1.82, 2.24) is 5.32 Å². The van der Waals surface area contributed by atoms with Crippen molar-refractivity contribution >= 4 is 5.91 Å². The predicted molar refractivity (Wildman–Crippen MR) is 322 cm³/mol. The zero-order chi connectivity index (χ0) is 63.5. The minimum Gasteiger partial charge on any atom is -0.394 e. The smallest absolute Gasteiger partial charge is 0.220 e. The van der Waals surface area contributed by atoms with Crippen molar-refractivity contribution in [3.63, 3.8) is 0 Å². The minimum atomic E-state index is -2.02. The molecule has 0 aromatic rings. The summed E-state index contributed by atoms with van der Waals surface area (Å²) >= 11 is 0. The van der Waals surface area contributed by atoms with E-state index in [1.807, 2.05) is 6.08 Å². The monoisotopic (exact) mass is 1250 g/mol. The van der Waals surface area contributed by atoms with Gasteiger partial charge in [0.1, 0.15) is 91.6 Å². The SMILES string of the molecule is CCCCCCCCCCCCC/C=C/[C@@H](O)[C@H](CO[C@@H]1OC(CO)[C@@H](O[C@@H]2OC(CO)[C@H](O)[C@H](O[C@H]3OC(CO)[C@H](O)[C@H](O)C3O)C2O[C@H]2OC(C)[C@@H](O)C(O)[C@@H]2O)[C@H](O)C1O)NC(=O)CCCCCCCCCCCCCCCCCCCCC. The molecule has 0 aromatic carbocycles. The van der Waals surface area contributed by atoms with Crippen molar-refractivity contribution in [2.24, 2.45) is 0 Å². The first-order valence-electron chi connectivity index (χ1n) is 33.8. The Labute approximate surface area is 518 Å². The van der Waals surface area contributed by atoms with E-state index in [1.165, 1.54) is 148 Å². The quantitative estimate of drug-likeness (QED) is 0.0299. The van der Waals surface area contributed by atoms with Crippen LogP contribution >= 0.6 is 0 Å². The number of hydrogen-bond donors (Lipinski definition) is 14. The first-order valence-corrected chi connectivity index (χ1v) is 33.8. The maximum Gasteiger partial charge on any atom is 0.220 e. The third kappa shape index (κ3) is 27.1. The number of unbranched alkanes of at least 4 members (excludes halogenated alkanes) is 29. The number of allylic oxidation sites excluding steroid dienone is 1. The molecular weight excluding hydrogens is 1130 g/mol. The maximum absolute atomic E-state index is 13.5. The van der Waals surface area contributed by atoms with Crippen molar-refractivity contribution in [3.05, 3.63) is 12.2 Å². The molecule has 4 fully saturated rings. The van der Waals surface area contributed by atoms with E-state index in [-0.39, 0.29) is 12.3 Å². The molecule has 4 saturated heterocycles. The number of amides is 1. The second-order valence-electron chi connectivity index (χ2n) is 25.0. The zero-order valence-corrected chi connectivity index (χ0v) is 52.8. The lowest BCUT2D eigenvalue weighted by molar-refractivity contribution is -0.405. The molecule has 8 unspecified atom stereocenters. The highest BCUT2D eigenvalue weighted by Gasteiger charge is 2.56. The van der Waals surface area contributed by atoms with E-state index in [0.29, 0.717) is 12.8 Å². The number of rotatable bonds is 47. The van der Waals surface area contributed by atoms with E-state index in [2.05, 4.69) is 19.2 Å². The van der Waals surface area contributed by atoms with Crippen LogP contribution in [-0.4, -0.2) is 234 Å². The van der Waals surface area contributed by atoms with Gasteiger partial charge in [-0.3, -0.25) is 4.79 Å². The number of carbonyl (C=O) groups excluding carboxylic acids is 1. The van der Waals surface area contributed by atoms with Gasteiger partial charge in [-0.05, 0) is 26.2 Å². The van der Waals surface area contributed by atoms with Crippen molar-refractivity contribution in [2.45, 2.75) is 361 Å². The molecule has 1 amide bonds. The topological polar surface area (TPSA) is 366 Å². The summed E-state index contributed by atoms with van der Waals surface area (Å²) in [4.78, 5) is 13.5. The van der Waals surface area contributed by atoms with E-state index in [0.717, 1.165) is 44.9 Å². The van der Waals surface area contributed by atoms with Gasteiger partial charge in [0.15, 0.2) is 25.2 Å². The summed E-state index contributed by atoms with van der Waals surface area (Å²) in [5, 5.41) is 144. The number of aliphatic hydroxyl groups is 13. The van der Waals surface area contributed by atoms with Crippen molar-refractivity contribution in [3.8, 4) is 0 Å². The highest BCUT2D eigenvalue weighted by Crippen LogP contribution is 2.36. The van der Waals surface area contributed by atoms with Gasteiger partial charge < -0.3 is 110 Å². The summed E-state index contributed by atoms with van der Waals surface area (Å²) in [5.74, 6) is -0.309. The van der Waals surface area contributed by atoms with Crippen LogP contribution in [0.4, 0.5) is 0 Å². The Hall–Kier alpha value is -1.63. The summed E-state index contributed by atoms with van der Waals surface area (Å²) in [6.07, 6.45) is 3.82. The number of carbonyl (C=O) groups is 1. The molecule has 0 aliphatic carbocycles.